The minimum atomic E-state index is -0.905. The quantitative estimate of drug-likeness (QED) is 0.351. The number of hydrogen-bond acceptors (Lipinski definition) is 5. The molecule has 2 aliphatic rings. The van der Waals surface area contributed by atoms with Crippen LogP contribution in [0.2, 0.25) is 0 Å². The van der Waals surface area contributed by atoms with Crippen molar-refractivity contribution in [3.05, 3.63) is 0 Å². The number of rotatable bonds is 1. The molecule has 0 radical (unpaired) electrons. The van der Waals surface area contributed by atoms with Gasteiger partial charge in [-0.25, -0.2) is 0 Å². The second-order valence-electron chi connectivity index (χ2n) is 4.02. The Morgan fingerprint density at radius 1 is 1.46 bits per heavy atom. The third-order valence-electron chi connectivity index (χ3n) is 3.30. The smallest absolute Gasteiger partial charge is 0.145 e. The standard InChI is InChI=1S/C8H15NO4/c1-3-5(11)4(9)7-8(2-10,13-7)6(3)12/h3-7,10-12H,2,9H2,1H3/t3-,4-,5-,6+,7-,8+/m1/s1. The van der Waals surface area contributed by atoms with Crippen LogP contribution in [-0.4, -0.2) is 51.9 Å². The van der Waals surface area contributed by atoms with Gasteiger partial charge in [0.05, 0.1) is 24.9 Å². The maximum atomic E-state index is 9.73. The van der Waals surface area contributed by atoms with Crippen molar-refractivity contribution in [2.45, 2.75) is 36.9 Å². The minimum Gasteiger partial charge on any atom is -0.393 e. The van der Waals surface area contributed by atoms with Crippen LogP contribution in [0.25, 0.3) is 0 Å². The Morgan fingerprint density at radius 3 is 2.62 bits per heavy atom. The molecule has 5 N–H and O–H groups in total. The SMILES string of the molecule is C[C@@H]1[C@@H](O)[C@@H](N)[C@H]2O[C@@]2(CO)[C@H]1O. The summed E-state index contributed by atoms with van der Waals surface area (Å²) in [4.78, 5) is 0. The fraction of sp³-hybridized carbons (Fsp3) is 1.00. The topological polar surface area (TPSA) is 99.2 Å². The Labute approximate surface area is 76.1 Å². The number of nitrogens with two attached hydrogens (primary N) is 1. The van der Waals surface area contributed by atoms with Crippen LogP contribution in [0.1, 0.15) is 6.92 Å². The molecule has 6 atom stereocenters. The van der Waals surface area contributed by atoms with E-state index in [2.05, 4.69) is 0 Å². The van der Waals surface area contributed by atoms with E-state index in [4.69, 9.17) is 15.6 Å². The molecule has 0 aromatic carbocycles. The Bertz CT molecular complexity index is 224. The summed E-state index contributed by atoms with van der Waals surface area (Å²) in [5.41, 5.74) is 4.77. The van der Waals surface area contributed by atoms with Crippen LogP contribution in [0.5, 0.6) is 0 Å². The van der Waals surface area contributed by atoms with E-state index in [-0.39, 0.29) is 12.5 Å². The largest absolute Gasteiger partial charge is 0.393 e. The average molecular weight is 189 g/mol. The van der Waals surface area contributed by atoms with E-state index in [0.29, 0.717) is 0 Å². The summed E-state index contributed by atoms with van der Waals surface area (Å²) in [6.07, 6.45) is -2.00. The maximum absolute atomic E-state index is 9.73. The second kappa shape index (κ2) is 2.65. The van der Waals surface area contributed by atoms with Gasteiger partial charge in [-0.05, 0) is 0 Å². The maximum Gasteiger partial charge on any atom is 0.145 e. The molecule has 1 saturated carbocycles. The fourth-order valence-corrected chi connectivity index (χ4v) is 2.23. The molecule has 1 aliphatic heterocycles. The molecule has 0 bridgehead atoms. The zero-order valence-electron chi connectivity index (χ0n) is 7.42. The first-order chi connectivity index (χ1) is 6.04. The summed E-state index contributed by atoms with van der Waals surface area (Å²) in [6.45, 7) is 1.45. The van der Waals surface area contributed by atoms with Crippen molar-refractivity contribution in [1.82, 2.24) is 0 Å². The van der Waals surface area contributed by atoms with Crippen molar-refractivity contribution in [3.63, 3.8) is 0 Å². The Kier molecular flexibility index (Phi) is 1.91. The van der Waals surface area contributed by atoms with E-state index in [9.17, 15) is 10.2 Å². The zero-order valence-corrected chi connectivity index (χ0v) is 7.42. The van der Waals surface area contributed by atoms with Crippen LogP contribution in [-0.2, 0) is 4.74 Å². The minimum absolute atomic E-state index is 0.246. The summed E-state index contributed by atoms with van der Waals surface area (Å²) in [5.74, 6) is -0.360. The van der Waals surface area contributed by atoms with Gasteiger partial charge in [-0.1, -0.05) is 6.92 Å². The Balaban J connectivity index is 2.22. The lowest BCUT2D eigenvalue weighted by Crippen LogP contribution is -2.58. The van der Waals surface area contributed by atoms with Gasteiger partial charge in [0.15, 0.2) is 0 Å². The molecule has 5 heteroatoms. The lowest BCUT2D eigenvalue weighted by Gasteiger charge is -2.35. The van der Waals surface area contributed by atoms with Gasteiger partial charge in [-0.15, -0.1) is 0 Å². The third-order valence-corrected chi connectivity index (χ3v) is 3.30. The molecule has 1 saturated heterocycles. The van der Waals surface area contributed by atoms with Crippen molar-refractivity contribution in [1.29, 1.82) is 0 Å². The molecule has 5 nitrogen and oxygen atoms in total. The van der Waals surface area contributed by atoms with Crippen molar-refractivity contribution in [3.8, 4) is 0 Å². The van der Waals surface area contributed by atoms with Crippen molar-refractivity contribution in [2.75, 3.05) is 6.61 Å². The highest BCUT2D eigenvalue weighted by Crippen LogP contribution is 2.48. The zero-order chi connectivity index (χ0) is 9.80. The van der Waals surface area contributed by atoms with Gasteiger partial charge >= 0.3 is 0 Å². The summed E-state index contributed by atoms with van der Waals surface area (Å²) in [5, 5.41) is 28.4. The number of hydrogen-bond donors (Lipinski definition) is 4. The number of aliphatic hydroxyl groups is 3. The first-order valence-corrected chi connectivity index (χ1v) is 4.45. The van der Waals surface area contributed by atoms with Crippen molar-refractivity contribution < 1.29 is 20.1 Å². The third kappa shape index (κ3) is 0.992. The fourth-order valence-electron chi connectivity index (χ4n) is 2.23. The number of ether oxygens (including phenoxy) is 1. The first-order valence-electron chi connectivity index (χ1n) is 4.45. The highest BCUT2D eigenvalue weighted by molar-refractivity contribution is 5.19. The molecule has 2 fully saturated rings. The lowest BCUT2D eigenvalue weighted by molar-refractivity contribution is -0.0546. The molecule has 0 unspecified atom stereocenters. The number of fused-ring (bicyclic) bond motifs is 1. The second-order valence-corrected chi connectivity index (χ2v) is 4.02. The lowest BCUT2D eigenvalue weighted by atomic mass is 9.75. The van der Waals surface area contributed by atoms with Crippen LogP contribution in [0.3, 0.4) is 0 Å². The van der Waals surface area contributed by atoms with Crippen LogP contribution >= 0.6 is 0 Å². The van der Waals surface area contributed by atoms with Gasteiger partial charge in [0.1, 0.15) is 11.7 Å². The van der Waals surface area contributed by atoms with E-state index in [0.717, 1.165) is 0 Å². The van der Waals surface area contributed by atoms with Gasteiger partial charge in [-0.3, -0.25) is 0 Å². The molecule has 76 valence electrons. The Morgan fingerprint density at radius 2 is 2.08 bits per heavy atom. The van der Waals surface area contributed by atoms with Gasteiger partial charge in [-0.2, -0.15) is 0 Å². The van der Waals surface area contributed by atoms with Crippen LogP contribution in [0.15, 0.2) is 0 Å². The molecule has 0 aromatic heterocycles. The van der Waals surface area contributed by atoms with E-state index >= 15 is 0 Å². The van der Waals surface area contributed by atoms with E-state index < -0.39 is 30.0 Å². The monoisotopic (exact) mass is 189 g/mol. The first kappa shape index (κ1) is 9.36. The van der Waals surface area contributed by atoms with Crippen LogP contribution in [0, 0.1) is 5.92 Å². The molecule has 2 rings (SSSR count). The number of epoxide rings is 1. The molecule has 0 amide bonds. The molecule has 0 spiro atoms. The normalized spacial score (nSPS) is 60.2. The molecule has 0 aromatic rings. The summed E-state index contributed by atoms with van der Waals surface area (Å²) >= 11 is 0. The van der Waals surface area contributed by atoms with Crippen molar-refractivity contribution >= 4 is 0 Å². The predicted molar refractivity (Wildman–Crippen MR) is 43.8 cm³/mol. The summed E-state index contributed by atoms with van der Waals surface area (Å²) in [6, 6.07) is -0.509. The molecule has 1 aliphatic carbocycles. The predicted octanol–water partition coefficient (Wildman–Crippen LogP) is -2.18. The van der Waals surface area contributed by atoms with Crippen LogP contribution < -0.4 is 5.73 Å². The summed E-state index contributed by atoms with van der Waals surface area (Å²) < 4.78 is 5.19. The average Bonchev–Trinajstić information content (AvgIpc) is 2.87. The molecular weight excluding hydrogens is 174 g/mol. The van der Waals surface area contributed by atoms with Gasteiger partial charge < -0.3 is 25.8 Å². The number of aliphatic hydroxyl groups excluding tert-OH is 3. The molecular formula is C8H15NO4. The highest BCUT2D eigenvalue weighted by atomic mass is 16.6. The Hall–Kier alpha value is -0.200. The summed E-state index contributed by atoms with van der Waals surface area (Å²) in [7, 11) is 0. The molecule has 1 heterocycles. The van der Waals surface area contributed by atoms with Crippen LogP contribution in [0.4, 0.5) is 0 Å². The molecule has 13 heavy (non-hydrogen) atoms. The van der Waals surface area contributed by atoms with E-state index in [1.165, 1.54) is 0 Å². The highest BCUT2D eigenvalue weighted by Gasteiger charge is 2.69. The van der Waals surface area contributed by atoms with E-state index in [1.54, 1.807) is 6.92 Å². The van der Waals surface area contributed by atoms with Gasteiger partial charge in [0, 0.05) is 5.92 Å². The van der Waals surface area contributed by atoms with Gasteiger partial charge in [0.25, 0.3) is 0 Å². The van der Waals surface area contributed by atoms with Crippen molar-refractivity contribution in [2.24, 2.45) is 11.7 Å². The van der Waals surface area contributed by atoms with E-state index in [1.807, 2.05) is 0 Å². The van der Waals surface area contributed by atoms with Gasteiger partial charge in [0.2, 0.25) is 0 Å².